The first-order valence-corrected chi connectivity index (χ1v) is 31.1. The summed E-state index contributed by atoms with van der Waals surface area (Å²) >= 11 is 0. The molecule has 2 nitrogen and oxygen atoms in total. The van der Waals surface area contributed by atoms with Gasteiger partial charge in [0.25, 0.3) is 0 Å². The van der Waals surface area contributed by atoms with Crippen molar-refractivity contribution in [2.45, 2.75) is 97.9 Å². The summed E-state index contributed by atoms with van der Waals surface area (Å²) in [6, 6.07) is 100. The highest BCUT2D eigenvalue weighted by Gasteiger charge is 2.27. The van der Waals surface area contributed by atoms with Gasteiger partial charge in [0, 0.05) is 34.0 Å². The van der Waals surface area contributed by atoms with Crippen LogP contribution in [0, 0.1) is 5.92 Å². The highest BCUT2D eigenvalue weighted by Crippen LogP contribution is 2.47. The van der Waals surface area contributed by atoms with E-state index in [2.05, 4.69) is 339 Å². The van der Waals surface area contributed by atoms with Gasteiger partial charge in [-0.3, -0.25) is 0 Å². The van der Waals surface area contributed by atoms with Gasteiger partial charge in [0.15, 0.2) is 0 Å². The molecular weight excluding hydrogens is 1040 g/mol. The second kappa shape index (κ2) is 23.0. The molecule has 0 N–H and O–H groups in total. The summed E-state index contributed by atoms with van der Waals surface area (Å²) in [7, 11) is 0. The monoisotopic (exact) mass is 1110 g/mol. The van der Waals surface area contributed by atoms with Crippen LogP contribution in [-0.2, 0) is 18.3 Å². The van der Waals surface area contributed by atoms with Crippen molar-refractivity contribution in [3.05, 3.63) is 295 Å². The molecule has 12 aromatic rings. The van der Waals surface area contributed by atoms with E-state index in [4.69, 9.17) is 0 Å². The van der Waals surface area contributed by atoms with Crippen molar-refractivity contribution < 1.29 is 0 Å². The minimum atomic E-state index is -0.115. The summed E-state index contributed by atoms with van der Waals surface area (Å²) in [5, 5.41) is 4.96. The van der Waals surface area contributed by atoms with Gasteiger partial charge in [-0.25, -0.2) is 0 Å². The highest BCUT2D eigenvalue weighted by molar-refractivity contribution is 6.21. The van der Waals surface area contributed by atoms with Crippen LogP contribution in [0.15, 0.2) is 267 Å². The van der Waals surface area contributed by atoms with Crippen LogP contribution in [0.3, 0.4) is 0 Å². The largest absolute Gasteiger partial charge is 0.336 e. The van der Waals surface area contributed by atoms with Gasteiger partial charge in [-0.1, -0.05) is 248 Å². The number of hydrogen-bond acceptors (Lipinski definition) is 2. The SMILES string of the molecule is CC(C)[C@H](c1ccc(-c2ccc(N(c3ccc(-c4c5ccccc5c(-c5ccc(N(c6ccccc6)C(C)(C)C)cc5)c5ccccc45)cc3)c3cccc(-c4ccc5c(c4)CC5)c3)cc2)cc1)C(C)c1ccc(-c2ccc(C(C)(C)C)cc2)cc1. The van der Waals surface area contributed by atoms with Gasteiger partial charge >= 0.3 is 0 Å². The summed E-state index contributed by atoms with van der Waals surface area (Å²) in [6.07, 6.45) is 2.33. The fourth-order valence-electron chi connectivity index (χ4n) is 13.8. The molecule has 424 valence electrons. The summed E-state index contributed by atoms with van der Waals surface area (Å²) in [4.78, 5) is 4.85. The maximum atomic E-state index is 2.43. The number of rotatable bonds is 14. The van der Waals surface area contributed by atoms with Gasteiger partial charge in [-0.15, -0.1) is 0 Å². The number of anilines is 5. The first-order chi connectivity index (χ1) is 41.6. The third-order valence-corrected chi connectivity index (χ3v) is 18.3. The van der Waals surface area contributed by atoms with Crippen molar-refractivity contribution in [3.63, 3.8) is 0 Å². The Labute approximate surface area is 511 Å². The Morgan fingerprint density at radius 2 is 0.709 bits per heavy atom. The Hall–Kier alpha value is -9.24. The van der Waals surface area contributed by atoms with E-state index in [1.54, 1.807) is 0 Å². The van der Waals surface area contributed by atoms with Gasteiger partial charge in [-0.2, -0.15) is 0 Å². The van der Waals surface area contributed by atoms with E-state index >= 15 is 0 Å². The molecule has 12 aromatic carbocycles. The summed E-state index contributed by atoms with van der Waals surface area (Å²) < 4.78 is 0. The first kappa shape index (κ1) is 55.9. The van der Waals surface area contributed by atoms with E-state index in [9.17, 15) is 0 Å². The van der Waals surface area contributed by atoms with Gasteiger partial charge in [0.05, 0.1) is 0 Å². The number of hydrogen-bond donors (Lipinski definition) is 0. The molecule has 0 saturated heterocycles. The standard InChI is InChI=1S/C84H78N2/c1-56(2)80(57(3)58-26-28-59(29-27-58)61-38-46-70(47-39-61)83(4,5)6)64-34-30-60(31-35-64)62-40-48-71(49-41-62)85(75-21-17-18-67(55-75)69-37-33-63-32-36-68(63)54-69)72-50-42-65(43-51-72)81-76-22-13-15-24-78(76)82(79-25-16-14-23-77(79)81)66-44-52-74(53-45-66)86(84(7,8)9)73-19-11-10-12-20-73/h10-31,33-35,37-57,80H,32,36H2,1-9H3/t57?,80-/m0/s1. The van der Waals surface area contributed by atoms with Gasteiger partial charge in [0.2, 0.25) is 0 Å². The fourth-order valence-corrected chi connectivity index (χ4v) is 13.8. The predicted molar refractivity (Wildman–Crippen MR) is 370 cm³/mol. The zero-order valence-corrected chi connectivity index (χ0v) is 51.4. The van der Waals surface area contributed by atoms with E-state index in [0.717, 1.165) is 23.5 Å². The van der Waals surface area contributed by atoms with Crippen LogP contribution in [0.1, 0.15) is 102 Å². The third-order valence-electron chi connectivity index (χ3n) is 18.3. The Morgan fingerprint density at radius 3 is 1.16 bits per heavy atom. The topological polar surface area (TPSA) is 6.48 Å². The summed E-state index contributed by atoms with van der Waals surface area (Å²) in [6.45, 7) is 20.8. The first-order valence-electron chi connectivity index (χ1n) is 31.1. The third kappa shape index (κ3) is 10.9. The molecular formula is C84H78N2. The quantitative estimate of drug-likeness (QED) is 0.100. The second-order valence-corrected chi connectivity index (χ2v) is 26.3. The Bertz CT molecular complexity index is 4290. The molecule has 0 bridgehead atoms. The Balaban J connectivity index is 0.818. The molecule has 86 heavy (non-hydrogen) atoms. The van der Waals surface area contributed by atoms with Crippen LogP contribution in [-0.4, -0.2) is 5.54 Å². The van der Waals surface area contributed by atoms with Crippen LogP contribution in [0.2, 0.25) is 0 Å². The summed E-state index contributed by atoms with van der Waals surface area (Å²) in [5.41, 5.74) is 25.1. The lowest BCUT2D eigenvalue weighted by atomic mass is 9.75. The zero-order valence-electron chi connectivity index (χ0n) is 51.4. The molecule has 0 aliphatic heterocycles. The van der Waals surface area contributed by atoms with Crippen LogP contribution < -0.4 is 9.80 Å². The molecule has 0 saturated carbocycles. The molecule has 1 aliphatic rings. The Morgan fingerprint density at radius 1 is 0.314 bits per heavy atom. The van der Waals surface area contributed by atoms with E-state index in [-0.39, 0.29) is 11.0 Å². The molecule has 0 fully saturated rings. The molecule has 0 heterocycles. The number of nitrogens with zero attached hydrogens (tertiary/aromatic N) is 2. The molecule has 13 rings (SSSR count). The van der Waals surface area contributed by atoms with Gasteiger partial charge < -0.3 is 9.80 Å². The van der Waals surface area contributed by atoms with E-state index in [0.29, 0.717) is 17.8 Å². The normalized spacial score (nSPS) is 13.1. The number of fused-ring (bicyclic) bond motifs is 3. The van der Waals surface area contributed by atoms with Crippen molar-refractivity contribution >= 4 is 50.0 Å². The Kier molecular flexibility index (Phi) is 14.9. The van der Waals surface area contributed by atoms with E-state index in [1.165, 1.54) is 123 Å². The highest BCUT2D eigenvalue weighted by atomic mass is 15.2. The van der Waals surface area contributed by atoms with Crippen molar-refractivity contribution in [2.24, 2.45) is 5.92 Å². The van der Waals surface area contributed by atoms with Gasteiger partial charge in [-0.05, 0) is 222 Å². The maximum Gasteiger partial charge on any atom is 0.0467 e. The molecule has 0 aromatic heterocycles. The summed E-state index contributed by atoms with van der Waals surface area (Å²) in [5.74, 6) is 1.20. The molecule has 1 aliphatic carbocycles. The van der Waals surface area contributed by atoms with Crippen LogP contribution in [0.4, 0.5) is 28.4 Å². The van der Waals surface area contributed by atoms with E-state index in [1.807, 2.05) is 0 Å². The molecule has 1 unspecified atom stereocenters. The fraction of sp³-hybridized carbons (Fsp3) is 0.190. The minimum absolute atomic E-state index is 0.115. The predicted octanol–water partition coefficient (Wildman–Crippen LogP) is 23.7. The lowest BCUT2D eigenvalue weighted by Gasteiger charge is -2.38. The van der Waals surface area contributed by atoms with Crippen LogP contribution >= 0.6 is 0 Å². The van der Waals surface area contributed by atoms with Crippen LogP contribution in [0.5, 0.6) is 0 Å². The average Bonchev–Trinajstić information content (AvgIpc) is 0.884. The number of aryl methyl sites for hydroxylation is 2. The molecule has 2 atom stereocenters. The second-order valence-electron chi connectivity index (χ2n) is 26.3. The zero-order chi connectivity index (χ0) is 59.3. The average molecular weight is 1120 g/mol. The number of para-hydroxylation sites is 1. The van der Waals surface area contributed by atoms with E-state index < -0.39 is 0 Å². The van der Waals surface area contributed by atoms with Crippen molar-refractivity contribution in [1.29, 1.82) is 0 Å². The molecule has 0 amide bonds. The van der Waals surface area contributed by atoms with Crippen molar-refractivity contribution in [1.82, 2.24) is 0 Å². The molecule has 0 spiro atoms. The molecule has 2 heteroatoms. The minimum Gasteiger partial charge on any atom is -0.336 e. The lowest BCUT2D eigenvalue weighted by Crippen LogP contribution is -2.37. The smallest absolute Gasteiger partial charge is 0.0467 e. The van der Waals surface area contributed by atoms with Crippen molar-refractivity contribution in [3.8, 4) is 55.6 Å². The lowest BCUT2D eigenvalue weighted by molar-refractivity contribution is 0.437. The van der Waals surface area contributed by atoms with Crippen molar-refractivity contribution in [2.75, 3.05) is 9.80 Å². The molecule has 0 radical (unpaired) electrons. The van der Waals surface area contributed by atoms with Gasteiger partial charge in [0.1, 0.15) is 0 Å². The number of benzene rings is 12. The van der Waals surface area contributed by atoms with Crippen LogP contribution in [0.25, 0.3) is 77.2 Å². The maximum absolute atomic E-state index is 2.43.